The van der Waals surface area contributed by atoms with Crippen LogP contribution in [-0.4, -0.2) is 8.80 Å². The van der Waals surface area contributed by atoms with E-state index in [9.17, 15) is 8.78 Å². The minimum absolute atomic E-state index is 0.266. The molecule has 1 saturated heterocycles. The highest BCUT2D eigenvalue weighted by molar-refractivity contribution is 6.73. The molecule has 0 saturated carbocycles. The van der Waals surface area contributed by atoms with E-state index in [2.05, 4.69) is 19.9 Å². The van der Waals surface area contributed by atoms with Gasteiger partial charge in [0.15, 0.2) is 0 Å². The zero-order valence-electron chi connectivity index (χ0n) is 17.4. The molecule has 152 valence electrons. The van der Waals surface area contributed by atoms with Crippen molar-refractivity contribution in [3.8, 4) is 11.1 Å². The van der Waals surface area contributed by atoms with Crippen LogP contribution < -0.4 is 5.19 Å². The van der Waals surface area contributed by atoms with Crippen LogP contribution in [-0.2, 0) is 6.42 Å². The zero-order valence-corrected chi connectivity index (χ0v) is 18.6. The van der Waals surface area contributed by atoms with E-state index in [0.717, 1.165) is 24.3 Å². The predicted molar refractivity (Wildman–Crippen MR) is 119 cm³/mol. The van der Waals surface area contributed by atoms with Gasteiger partial charge in [-0.25, -0.2) is 8.78 Å². The standard InChI is InChI=1S/C25H34F2Si/c1-3-5-6-8-19-13-15-28(16-14-19)21-10-12-23(25(27)18-21)22-11-9-20(7-4-2)17-24(22)26/h9-12,17-19,28H,3-8,13-16H2,1-2H3/t19-,28-. The first-order chi connectivity index (χ1) is 13.6. The monoisotopic (exact) mass is 400 g/mol. The average molecular weight is 401 g/mol. The van der Waals surface area contributed by atoms with Crippen molar-refractivity contribution in [2.45, 2.75) is 77.3 Å². The summed E-state index contributed by atoms with van der Waals surface area (Å²) in [6.45, 7) is 4.33. The largest absolute Gasteiger partial charge is 0.206 e. The third-order valence-corrected chi connectivity index (χ3v) is 9.75. The van der Waals surface area contributed by atoms with E-state index in [1.54, 1.807) is 18.2 Å². The normalized spacial score (nSPS) is 19.7. The lowest BCUT2D eigenvalue weighted by Gasteiger charge is -2.28. The fourth-order valence-corrected chi connectivity index (χ4v) is 8.15. The summed E-state index contributed by atoms with van der Waals surface area (Å²) in [4.78, 5) is 0. The van der Waals surface area contributed by atoms with Crippen LogP contribution in [0.4, 0.5) is 8.78 Å². The molecule has 0 aromatic heterocycles. The Hall–Kier alpha value is -1.48. The van der Waals surface area contributed by atoms with Crippen molar-refractivity contribution < 1.29 is 8.78 Å². The summed E-state index contributed by atoms with van der Waals surface area (Å²) in [5.41, 5.74) is 1.75. The molecule has 0 unspecified atom stereocenters. The molecule has 0 nitrogen and oxygen atoms in total. The molecule has 0 aliphatic carbocycles. The van der Waals surface area contributed by atoms with Gasteiger partial charge in [-0.15, -0.1) is 0 Å². The minimum Gasteiger partial charge on any atom is -0.206 e. The van der Waals surface area contributed by atoms with Crippen LogP contribution in [0.5, 0.6) is 0 Å². The van der Waals surface area contributed by atoms with E-state index in [0.29, 0.717) is 11.1 Å². The first-order valence-electron chi connectivity index (χ1n) is 11.2. The molecule has 0 bridgehead atoms. The quantitative estimate of drug-likeness (QED) is 0.330. The van der Waals surface area contributed by atoms with Crippen LogP contribution >= 0.6 is 0 Å². The Morgan fingerprint density at radius 2 is 1.54 bits per heavy atom. The van der Waals surface area contributed by atoms with Crippen molar-refractivity contribution in [2.75, 3.05) is 0 Å². The average Bonchev–Trinajstić information content (AvgIpc) is 2.70. The van der Waals surface area contributed by atoms with E-state index in [1.807, 2.05) is 12.1 Å². The molecule has 0 spiro atoms. The van der Waals surface area contributed by atoms with E-state index < -0.39 is 8.80 Å². The maximum atomic E-state index is 14.9. The molecule has 28 heavy (non-hydrogen) atoms. The molecule has 1 heterocycles. The van der Waals surface area contributed by atoms with Crippen LogP contribution in [0.1, 0.15) is 64.4 Å². The molecule has 2 aromatic carbocycles. The van der Waals surface area contributed by atoms with Crippen molar-refractivity contribution in [1.82, 2.24) is 0 Å². The van der Waals surface area contributed by atoms with E-state index in [-0.39, 0.29) is 11.6 Å². The smallest absolute Gasteiger partial charge is 0.131 e. The number of unbranched alkanes of at least 4 members (excludes halogenated alkanes) is 2. The third-order valence-electron chi connectivity index (χ3n) is 6.39. The lowest BCUT2D eigenvalue weighted by Crippen LogP contribution is -2.34. The van der Waals surface area contributed by atoms with Crippen LogP contribution in [0.25, 0.3) is 11.1 Å². The maximum absolute atomic E-state index is 14.9. The van der Waals surface area contributed by atoms with Crippen LogP contribution in [0.2, 0.25) is 12.1 Å². The highest BCUT2D eigenvalue weighted by Crippen LogP contribution is 2.31. The van der Waals surface area contributed by atoms with Gasteiger partial charge in [-0.05, 0) is 30.0 Å². The molecule has 1 aliphatic rings. The molecule has 0 N–H and O–H groups in total. The molecule has 2 aromatic rings. The predicted octanol–water partition coefficient (Wildman–Crippen LogP) is 7.01. The van der Waals surface area contributed by atoms with Crippen LogP contribution in [0, 0.1) is 17.6 Å². The maximum Gasteiger partial charge on any atom is 0.131 e. The van der Waals surface area contributed by atoms with Gasteiger partial charge in [0.05, 0.1) is 8.80 Å². The number of hydrogen-bond acceptors (Lipinski definition) is 0. The van der Waals surface area contributed by atoms with Gasteiger partial charge in [0.25, 0.3) is 0 Å². The van der Waals surface area contributed by atoms with E-state index in [4.69, 9.17) is 0 Å². The highest BCUT2D eigenvalue weighted by atomic mass is 28.3. The molecular formula is C25H34F2Si. The van der Waals surface area contributed by atoms with Gasteiger partial charge in [0.1, 0.15) is 11.6 Å². The number of benzene rings is 2. The number of hydrogen-bond donors (Lipinski definition) is 0. The van der Waals surface area contributed by atoms with Gasteiger partial charge in [-0.1, -0.05) is 100 Å². The van der Waals surface area contributed by atoms with Crippen LogP contribution in [0.15, 0.2) is 36.4 Å². The van der Waals surface area contributed by atoms with Gasteiger partial charge in [-0.3, -0.25) is 0 Å². The Bertz CT molecular complexity index is 763. The van der Waals surface area contributed by atoms with Gasteiger partial charge in [0, 0.05) is 11.1 Å². The first-order valence-corrected chi connectivity index (χ1v) is 13.4. The van der Waals surface area contributed by atoms with Gasteiger partial charge >= 0.3 is 0 Å². The number of aryl methyl sites for hydroxylation is 1. The molecule has 0 amide bonds. The van der Waals surface area contributed by atoms with Gasteiger partial charge in [0.2, 0.25) is 0 Å². The Morgan fingerprint density at radius 3 is 2.14 bits per heavy atom. The van der Waals surface area contributed by atoms with Crippen molar-refractivity contribution in [2.24, 2.45) is 5.92 Å². The summed E-state index contributed by atoms with van der Waals surface area (Å²) in [6, 6.07) is 13.4. The molecule has 1 aliphatic heterocycles. The Morgan fingerprint density at radius 1 is 0.857 bits per heavy atom. The number of rotatable bonds is 8. The minimum atomic E-state index is -1.07. The highest BCUT2D eigenvalue weighted by Gasteiger charge is 2.24. The van der Waals surface area contributed by atoms with E-state index >= 15 is 0 Å². The van der Waals surface area contributed by atoms with Crippen molar-refractivity contribution in [3.63, 3.8) is 0 Å². The van der Waals surface area contributed by atoms with Gasteiger partial charge in [-0.2, -0.15) is 0 Å². The Balaban J connectivity index is 1.66. The molecular weight excluding hydrogens is 366 g/mol. The second-order valence-corrected chi connectivity index (χ2v) is 11.7. The molecule has 3 heteroatoms. The van der Waals surface area contributed by atoms with Gasteiger partial charge < -0.3 is 0 Å². The van der Waals surface area contributed by atoms with Crippen molar-refractivity contribution >= 4 is 14.0 Å². The summed E-state index contributed by atoms with van der Waals surface area (Å²) >= 11 is 0. The summed E-state index contributed by atoms with van der Waals surface area (Å²) in [6.07, 6.45) is 9.83. The lowest BCUT2D eigenvalue weighted by molar-refractivity contribution is 0.418. The Kier molecular flexibility index (Phi) is 7.84. The summed E-state index contributed by atoms with van der Waals surface area (Å²) < 4.78 is 29.4. The number of halogens is 2. The summed E-state index contributed by atoms with van der Waals surface area (Å²) in [7, 11) is -1.07. The van der Waals surface area contributed by atoms with Crippen molar-refractivity contribution in [1.29, 1.82) is 0 Å². The summed E-state index contributed by atoms with van der Waals surface area (Å²) in [5.74, 6) is 0.301. The zero-order chi connectivity index (χ0) is 19.9. The third kappa shape index (κ3) is 5.31. The van der Waals surface area contributed by atoms with Crippen molar-refractivity contribution in [3.05, 3.63) is 53.6 Å². The van der Waals surface area contributed by atoms with Crippen LogP contribution in [0.3, 0.4) is 0 Å². The molecule has 0 atom stereocenters. The topological polar surface area (TPSA) is 0 Å². The summed E-state index contributed by atoms with van der Waals surface area (Å²) in [5, 5.41) is 1.22. The first kappa shape index (κ1) is 21.2. The molecule has 0 radical (unpaired) electrons. The second kappa shape index (κ2) is 10.3. The second-order valence-electron chi connectivity index (χ2n) is 8.52. The van der Waals surface area contributed by atoms with E-state index in [1.165, 1.54) is 55.8 Å². The Labute approximate surface area is 171 Å². The fraction of sp³-hybridized carbons (Fsp3) is 0.520. The lowest BCUT2D eigenvalue weighted by atomic mass is 9.96. The fourth-order valence-electron chi connectivity index (χ4n) is 4.69. The SMILES string of the molecule is CCCCC[C@H]1CC[Si@H](c2ccc(-c3ccc(CCC)cc3F)c(F)c2)CC1. The molecule has 3 rings (SSSR count). The molecule has 1 fully saturated rings.